The van der Waals surface area contributed by atoms with Gasteiger partial charge in [-0.3, -0.25) is 9.78 Å². The van der Waals surface area contributed by atoms with E-state index in [1.54, 1.807) is 12.3 Å². The molecule has 0 aliphatic heterocycles. The number of hydrogen-bond acceptors (Lipinski definition) is 2. The van der Waals surface area contributed by atoms with Crippen molar-refractivity contribution in [1.29, 1.82) is 0 Å². The van der Waals surface area contributed by atoms with Gasteiger partial charge in [-0.15, -0.1) is 0 Å². The summed E-state index contributed by atoms with van der Waals surface area (Å²) in [6.07, 6.45) is 1.73. The van der Waals surface area contributed by atoms with E-state index in [0.717, 1.165) is 15.2 Å². The number of halogens is 2. The van der Waals surface area contributed by atoms with Crippen LogP contribution in [0.1, 0.15) is 16.1 Å². The van der Waals surface area contributed by atoms with Crippen LogP contribution < -0.4 is 0 Å². The quantitative estimate of drug-likeness (QED) is 0.652. The number of rotatable bonds is 3. The number of pyridine rings is 1. The fourth-order valence-electron chi connectivity index (χ4n) is 2.28. The van der Waals surface area contributed by atoms with Crippen LogP contribution in [0.25, 0.3) is 10.8 Å². The van der Waals surface area contributed by atoms with Crippen LogP contribution in [-0.4, -0.2) is 10.8 Å². The fourth-order valence-corrected chi connectivity index (χ4v) is 2.66. The van der Waals surface area contributed by atoms with Gasteiger partial charge in [0, 0.05) is 22.5 Å². The zero-order valence-corrected chi connectivity index (χ0v) is 12.6. The number of benzene rings is 2. The number of aromatic nitrogens is 1. The van der Waals surface area contributed by atoms with Crippen LogP contribution in [-0.2, 0) is 6.42 Å². The number of hydrogen-bond donors (Lipinski definition) is 0. The van der Waals surface area contributed by atoms with Crippen molar-refractivity contribution in [3.63, 3.8) is 0 Å². The van der Waals surface area contributed by atoms with Gasteiger partial charge in [-0.25, -0.2) is 4.39 Å². The summed E-state index contributed by atoms with van der Waals surface area (Å²) in [5.41, 5.74) is 1.04. The molecule has 2 nitrogen and oxygen atoms in total. The summed E-state index contributed by atoms with van der Waals surface area (Å²) in [4.78, 5) is 16.7. The Labute approximate surface area is 129 Å². The maximum Gasteiger partial charge on any atom is 0.186 e. The lowest BCUT2D eigenvalue weighted by Gasteiger charge is -2.06. The standard InChI is InChI=1S/C17H11BrFNO/c18-15-6-5-13(19)9-12(15)10-16(21)17-14-4-2-1-3-11(14)7-8-20-17/h1-9H,10H2. The van der Waals surface area contributed by atoms with E-state index < -0.39 is 0 Å². The molecule has 21 heavy (non-hydrogen) atoms. The third kappa shape index (κ3) is 2.85. The minimum atomic E-state index is -0.355. The summed E-state index contributed by atoms with van der Waals surface area (Å²) >= 11 is 3.34. The first-order valence-electron chi connectivity index (χ1n) is 6.46. The van der Waals surface area contributed by atoms with Gasteiger partial charge in [0.1, 0.15) is 11.5 Å². The second kappa shape index (κ2) is 5.74. The average Bonchev–Trinajstić information content (AvgIpc) is 2.50. The van der Waals surface area contributed by atoms with Crippen molar-refractivity contribution < 1.29 is 9.18 Å². The van der Waals surface area contributed by atoms with E-state index in [0.29, 0.717) is 11.3 Å². The minimum Gasteiger partial charge on any atom is -0.292 e. The van der Waals surface area contributed by atoms with Crippen LogP contribution in [0, 0.1) is 5.82 Å². The van der Waals surface area contributed by atoms with Crippen LogP contribution >= 0.6 is 15.9 Å². The van der Waals surface area contributed by atoms with E-state index in [2.05, 4.69) is 20.9 Å². The van der Waals surface area contributed by atoms with Gasteiger partial charge >= 0.3 is 0 Å². The summed E-state index contributed by atoms with van der Waals surface area (Å²) in [5.74, 6) is -0.482. The highest BCUT2D eigenvalue weighted by atomic mass is 79.9. The third-order valence-electron chi connectivity index (χ3n) is 3.30. The molecule has 0 bridgehead atoms. The monoisotopic (exact) mass is 343 g/mol. The average molecular weight is 344 g/mol. The molecule has 0 aliphatic carbocycles. The molecule has 0 spiro atoms. The van der Waals surface area contributed by atoms with Gasteiger partial charge in [0.05, 0.1) is 0 Å². The predicted octanol–water partition coefficient (Wildman–Crippen LogP) is 4.56. The highest BCUT2D eigenvalue weighted by Crippen LogP contribution is 2.22. The molecule has 3 rings (SSSR count). The first-order valence-corrected chi connectivity index (χ1v) is 7.25. The van der Waals surface area contributed by atoms with Crippen molar-refractivity contribution in [1.82, 2.24) is 4.98 Å². The van der Waals surface area contributed by atoms with Gasteiger partial charge in [0.2, 0.25) is 0 Å². The second-order valence-electron chi connectivity index (χ2n) is 4.72. The van der Waals surface area contributed by atoms with Crippen molar-refractivity contribution >= 4 is 32.5 Å². The largest absolute Gasteiger partial charge is 0.292 e. The Kier molecular flexibility index (Phi) is 3.80. The number of Topliss-reactive ketones (excluding diaryl/α,β-unsaturated/α-hetero) is 1. The molecule has 0 saturated heterocycles. The summed E-state index contributed by atoms with van der Waals surface area (Å²) < 4.78 is 14.0. The van der Waals surface area contributed by atoms with Crippen LogP contribution in [0.3, 0.4) is 0 Å². The molecule has 0 aliphatic rings. The first-order chi connectivity index (χ1) is 10.1. The van der Waals surface area contributed by atoms with Gasteiger partial charge < -0.3 is 0 Å². The van der Waals surface area contributed by atoms with Crippen molar-refractivity contribution in [3.05, 3.63) is 76.3 Å². The number of carbonyl (C=O) groups excluding carboxylic acids is 1. The van der Waals surface area contributed by atoms with Crippen LogP contribution in [0.15, 0.2) is 59.2 Å². The Balaban J connectivity index is 1.99. The molecule has 0 radical (unpaired) electrons. The Morgan fingerprint density at radius 1 is 1.14 bits per heavy atom. The predicted molar refractivity (Wildman–Crippen MR) is 83.9 cm³/mol. The molecule has 1 heterocycles. The van der Waals surface area contributed by atoms with E-state index in [4.69, 9.17) is 0 Å². The van der Waals surface area contributed by atoms with Crippen LogP contribution in [0.4, 0.5) is 4.39 Å². The zero-order valence-electron chi connectivity index (χ0n) is 11.0. The zero-order chi connectivity index (χ0) is 14.8. The van der Waals surface area contributed by atoms with Crippen molar-refractivity contribution in [3.8, 4) is 0 Å². The number of nitrogens with zero attached hydrogens (tertiary/aromatic N) is 1. The topological polar surface area (TPSA) is 30.0 Å². The van der Waals surface area contributed by atoms with Gasteiger partial charge in [-0.05, 0) is 35.2 Å². The molecule has 0 unspecified atom stereocenters. The summed E-state index contributed by atoms with van der Waals surface area (Å²) in [6, 6.07) is 13.8. The maximum absolute atomic E-state index is 13.3. The summed E-state index contributed by atoms with van der Waals surface area (Å²) in [7, 11) is 0. The molecule has 0 saturated carbocycles. The summed E-state index contributed by atoms with van der Waals surface area (Å²) in [6.45, 7) is 0. The fraction of sp³-hybridized carbons (Fsp3) is 0.0588. The highest BCUT2D eigenvalue weighted by Gasteiger charge is 2.14. The van der Waals surface area contributed by atoms with E-state index in [1.165, 1.54) is 12.1 Å². The molecule has 4 heteroatoms. The molecule has 3 aromatic rings. The van der Waals surface area contributed by atoms with E-state index >= 15 is 0 Å². The SMILES string of the molecule is O=C(Cc1cc(F)ccc1Br)c1nccc2ccccc12. The third-order valence-corrected chi connectivity index (χ3v) is 4.07. The molecule has 0 N–H and O–H groups in total. The van der Waals surface area contributed by atoms with Crippen LogP contribution in [0.2, 0.25) is 0 Å². The van der Waals surface area contributed by atoms with Crippen molar-refractivity contribution in [2.24, 2.45) is 0 Å². The Morgan fingerprint density at radius 3 is 2.81 bits per heavy atom. The lowest BCUT2D eigenvalue weighted by molar-refractivity contribution is 0.0990. The Morgan fingerprint density at radius 2 is 1.95 bits per heavy atom. The van der Waals surface area contributed by atoms with Gasteiger partial charge in [0.25, 0.3) is 0 Å². The lowest BCUT2D eigenvalue weighted by Crippen LogP contribution is -2.07. The summed E-state index contributed by atoms with van der Waals surface area (Å²) in [5, 5.41) is 1.78. The molecule has 2 aromatic carbocycles. The molecular formula is C17H11BrFNO. The Hall–Kier alpha value is -2.07. The van der Waals surface area contributed by atoms with Gasteiger partial charge in [-0.2, -0.15) is 0 Å². The van der Waals surface area contributed by atoms with E-state index in [-0.39, 0.29) is 18.0 Å². The van der Waals surface area contributed by atoms with Gasteiger partial charge in [0.15, 0.2) is 5.78 Å². The van der Waals surface area contributed by atoms with Crippen molar-refractivity contribution in [2.75, 3.05) is 0 Å². The van der Waals surface area contributed by atoms with E-state index in [9.17, 15) is 9.18 Å². The number of ketones is 1. The molecule has 0 atom stereocenters. The van der Waals surface area contributed by atoms with Crippen molar-refractivity contribution in [2.45, 2.75) is 6.42 Å². The maximum atomic E-state index is 13.3. The molecule has 0 fully saturated rings. The Bertz CT molecular complexity index is 827. The smallest absolute Gasteiger partial charge is 0.186 e. The highest BCUT2D eigenvalue weighted by molar-refractivity contribution is 9.10. The molecule has 1 aromatic heterocycles. The van der Waals surface area contributed by atoms with E-state index in [1.807, 2.05) is 30.3 Å². The second-order valence-corrected chi connectivity index (χ2v) is 5.57. The molecule has 0 amide bonds. The number of fused-ring (bicyclic) bond motifs is 1. The van der Waals surface area contributed by atoms with Crippen LogP contribution in [0.5, 0.6) is 0 Å². The minimum absolute atomic E-state index is 0.110. The normalized spacial score (nSPS) is 10.8. The molecular weight excluding hydrogens is 333 g/mol. The lowest BCUT2D eigenvalue weighted by atomic mass is 10.0. The van der Waals surface area contributed by atoms with Gasteiger partial charge in [-0.1, -0.05) is 40.2 Å². The number of carbonyl (C=O) groups is 1. The molecule has 104 valence electrons. The first kappa shape index (κ1) is 13.9.